The molecule has 6 nitrogen and oxygen atoms in total. The van der Waals surface area contributed by atoms with E-state index >= 15 is 0 Å². The molecule has 0 spiro atoms. The van der Waals surface area contributed by atoms with E-state index in [0.29, 0.717) is 22.8 Å². The van der Waals surface area contributed by atoms with Crippen molar-refractivity contribution in [2.45, 2.75) is 25.0 Å². The maximum absolute atomic E-state index is 13.0. The molecular formula is C30H25ClO6. The minimum absolute atomic E-state index is 0.149. The Balaban J connectivity index is 1.24. The van der Waals surface area contributed by atoms with E-state index in [-0.39, 0.29) is 42.7 Å². The summed E-state index contributed by atoms with van der Waals surface area (Å²) in [5, 5.41) is 0.516. The minimum atomic E-state index is -0.512. The molecule has 1 heterocycles. The lowest BCUT2D eigenvalue weighted by atomic mass is 9.91. The van der Waals surface area contributed by atoms with Gasteiger partial charge in [-0.15, -0.1) is 0 Å². The molecular weight excluding hydrogens is 492 g/mol. The Labute approximate surface area is 219 Å². The van der Waals surface area contributed by atoms with Gasteiger partial charge in [0.2, 0.25) is 0 Å². The lowest BCUT2D eigenvalue weighted by molar-refractivity contribution is -0.141. The maximum atomic E-state index is 13.0. The third-order valence-corrected chi connectivity index (χ3v) is 6.95. The zero-order valence-electron chi connectivity index (χ0n) is 19.9. The minimum Gasteiger partial charge on any atom is -0.485 e. The second-order valence-electron chi connectivity index (χ2n) is 9.17. The molecule has 2 fully saturated rings. The van der Waals surface area contributed by atoms with Crippen LogP contribution in [0.25, 0.3) is 11.1 Å². The predicted octanol–water partition coefficient (Wildman–Crippen LogP) is 5.69. The molecule has 37 heavy (non-hydrogen) atoms. The quantitative estimate of drug-likeness (QED) is 0.283. The molecule has 1 saturated carbocycles. The average molecular weight is 517 g/mol. The lowest BCUT2D eigenvalue weighted by Crippen LogP contribution is -2.25. The summed E-state index contributed by atoms with van der Waals surface area (Å²) in [6.07, 6.45) is 2.92. The number of fused-ring (bicyclic) bond motifs is 1. The number of ether oxygens (including phenoxy) is 3. The molecule has 1 aliphatic heterocycles. The summed E-state index contributed by atoms with van der Waals surface area (Å²) >= 11 is 5.95. The van der Waals surface area contributed by atoms with Crippen molar-refractivity contribution < 1.29 is 28.6 Å². The molecule has 188 valence electrons. The fraction of sp³-hybridized carbons (Fsp3) is 0.233. The van der Waals surface area contributed by atoms with Gasteiger partial charge in [-0.3, -0.25) is 9.59 Å². The van der Waals surface area contributed by atoms with Crippen molar-refractivity contribution in [3.63, 3.8) is 0 Å². The first-order valence-electron chi connectivity index (χ1n) is 12.1. The summed E-state index contributed by atoms with van der Waals surface area (Å²) in [5.41, 5.74) is 2.49. The van der Waals surface area contributed by atoms with E-state index in [2.05, 4.69) is 0 Å². The fourth-order valence-electron chi connectivity index (χ4n) is 4.90. The summed E-state index contributed by atoms with van der Waals surface area (Å²) < 4.78 is 16.8. The summed E-state index contributed by atoms with van der Waals surface area (Å²) in [4.78, 5) is 37.3. The number of esters is 2. The van der Waals surface area contributed by atoms with Crippen LogP contribution >= 0.6 is 11.6 Å². The molecule has 0 bridgehead atoms. The number of carbonyl (C=O) groups excluding carboxylic acids is 3. The average Bonchev–Trinajstić information content (AvgIpc) is 3.42. The van der Waals surface area contributed by atoms with E-state index in [1.807, 2.05) is 42.5 Å². The molecule has 1 saturated heterocycles. The number of halogens is 1. The van der Waals surface area contributed by atoms with Gasteiger partial charge in [0.05, 0.1) is 12.0 Å². The third-order valence-electron chi connectivity index (χ3n) is 6.72. The van der Waals surface area contributed by atoms with Crippen LogP contribution in [0.4, 0.5) is 0 Å². The Morgan fingerprint density at radius 3 is 2.49 bits per heavy atom. The van der Waals surface area contributed by atoms with Gasteiger partial charge >= 0.3 is 11.9 Å². The van der Waals surface area contributed by atoms with Crippen LogP contribution in [0.2, 0.25) is 5.02 Å². The summed E-state index contributed by atoms with van der Waals surface area (Å²) in [6, 6.07) is 23.9. The largest absolute Gasteiger partial charge is 0.485 e. The molecule has 0 N–H and O–H groups in total. The molecule has 4 atom stereocenters. The van der Waals surface area contributed by atoms with Crippen molar-refractivity contribution in [2.24, 2.45) is 11.8 Å². The summed E-state index contributed by atoms with van der Waals surface area (Å²) in [6.45, 7) is -0.161. The first-order chi connectivity index (χ1) is 18.0. The van der Waals surface area contributed by atoms with E-state index in [1.165, 1.54) is 6.08 Å². The number of ketones is 1. The second-order valence-corrected chi connectivity index (χ2v) is 9.60. The van der Waals surface area contributed by atoms with Gasteiger partial charge in [-0.05, 0) is 47.5 Å². The molecule has 2 aliphatic rings. The van der Waals surface area contributed by atoms with Gasteiger partial charge in [0.1, 0.15) is 18.0 Å². The van der Waals surface area contributed by atoms with Crippen molar-refractivity contribution in [2.75, 3.05) is 6.61 Å². The molecule has 7 heteroatoms. The van der Waals surface area contributed by atoms with E-state index in [1.54, 1.807) is 42.5 Å². The standard InChI is InChI=1S/C30H25ClO6/c31-22-7-4-8-24(15-22)35-18-23(32)13-14-25-26-16-29(33)36-28(26)17-27(25)37-30(34)21-11-9-20(10-12-21)19-5-2-1-3-6-19/h1-15,25-28H,16-18H2/t25-,26-,27-,28+/m1/s1. The Bertz CT molecular complexity index is 1320. The SMILES string of the molecule is O=C(C=C[C@@H]1[C@H]2CC(=O)O[C@H]2C[C@H]1OC(=O)c1ccc(-c2ccccc2)cc1)COc1cccc(Cl)c1. The number of hydrogen-bond acceptors (Lipinski definition) is 6. The molecule has 0 unspecified atom stereocenters. The number of rotatable bonds is 8. The van der Waals surface area contributed by atoms with Crippen molar-refractivity contribution in [3.8, 4) is 16.9 Å². The normalized spacial score (nSPS) is 22.5. The fourth-order valence-corrected chi connectivity index (χ4v) is 5.08. The maximum Gasteiger partial charge on any atom is 0.338 e. The Morgan fingerprint density at radius 2 is 1.73 bits per heavy atom. The highest BCUT2D eigenvalue weighted by Gasteiger charge is 2.50. The van der Waals surface area contributed by atoms with E-state index < -0.39 is 12.1 Å². The van der Waals surface area contributed by atoms with E-state index in [4.69, 9.17) is 25.8 Å². The van der Waals surface area contributed by atoms with Crippen LogP contribution in [-0.2, 0) is 19.1 Å². The zero-order chi connectivity index (χ0) is 25.8. The van der Waals surface area contributed by atoms with Gasteiger partial charge in [-0.1, -0.05) is 66.2 Å². The highest BCUT2D eigenvalue weighted by molar-refractivity contribution is 6.30. The monoisotopic (exact) mass is 516 g/mol. The molecule has 3 aromatic carbocycles. The van der Waals surface area contributed by atoms with Gasteiger partial charge in [-0.2, -0.15) is 0 Å². The summed E-state index contributed by atoms with van der Waals surface area (Å²) in [5.74, 6) is -0.955. The zero-order valence-corrected chi connectivity index (χ0v) is 20.7. The topological polar surface area (TPSA) is 78.9 Å². The lowest BCUT2D eigenvalue weighted by Gasteiger charge is -2.20. The smallest absolute Gasteiger partial charge is 0.338 e. The Kier molecular flexibility index (Phi) is 7.37. The van der Waals surface area contributed by atoms with Crippen LogP contribution in [0, 0.1) is 11.8 Å². The van der Waals surface area contributed by atoms with Gasteiger partial charge in [0.15, 0.2) is 12.4 Å². The van der Waals surface area contributed by atoms with Crippen LogP contribution in [-0.4, -0.2) is 36.5 Å². The molecule has 1 aliphatic carbocycles. The van der Waals surface area contributed by atoms with Crippen LogP contribution in [0.3, 0.4) is 0 Å². The van der Waals surface area contributed by atoms with E-state index in [9.17, 15) is 14.4 Å². The summed E-state index contributed by atoms with van der Waals surface area (Å²) in [7, 11) is 0. The van der Waals surface area contributed by atoms with Gasteiger partial charge in [0.25, 0.3) is 0 Å². The number of hydrogen-bond donors (Lipinski definition) is 0. The molecule has 0 amide bonds. The van der Waals surface area contributed by atoms with Crippen LogP contribution in [0.5, 0.6) is 5.75 Å². The third kappa shape index (κ3) is 5.92. The molecule has 5 rings (SSSR count). The van der Waals surface area contributed by atoms with Gasteiger partial charge < -0.3 is 14.2 Å². The predicted molar refractivity (Wildman–Crippen MR) is 138 cm³/mol. The molecule has 0 radical (unpaired) electrons. The highest BCUT2D eigenvalue weighted by Crippen LogP contribution is 2.43. The van der Waals surface area contributed by atoms with Gasteiger partial charge in [0, 0.05) is 23.3 Å². The van der Waals surface area contributed by atoms with Gasteiger partial charge in [-0.25, -0.2) is 4.79 Å². The first kappa shape index (κ1) is 24.8. The van der Waals surface area contributed by atoms with Crippen LogP contribution < -0.4 is 4.74 Å². The Morgan fingerprint density at radius 1 is 0.973 bits per heavy atom. The molecule has 3 aromatic rings. The number of benzene rings is 3. The van der Waals surface area contributed by atoms with Crippen LogP contribution in [0.1, 0.15) is 23.2 Å². The first-order valence-corrected chi connectivity index (χ1v) is 12.5. The Hall–Kier alpha value is -3.90. The van der Waals surface area contributed by atoms with E-state index in [0.717, 1.165) is 11.1 Å². The van der Waals surface area contributed by atoms with Crippen molar-refractivity contribution >= 4 is 29.3 Å². The highest BCUT2D eigenvalue weighted by atomic mass is 35.5. The van der Waals surface area contributed by atoms with Crippen molar-refractivity contribution in [3.05, 3.63) is 102 Å². The second kappa shape index (κ2) is 11.0. The van der Waals surface area contributed by atoms with Crippen molar-refractivity contribution in [1.82, 2.24) is 0 Å². The molecule has 0 aromatic heterocycles. The number of carbonyl (C=O) groups is 3. The van der Waals surface area contributed by atoms with Crippen molar-refractivity contribution in [1.29, 1.82) is 0 Å². The van der Waals surface area contributed by atoms with Crippen LogP contribution in [0.15, 0.2) is 91.0 Å².